The molecule has 0 fully saturated rings. The van der Waals surface area contributed by atoms with Crippen LogP contribution in [0.5, 0.6) is 0 Å². The van der Waals surface area contributed by atoms with E-state index in [2.05, 4.69) is 23.7 Å². The summed E-state index contributed by atoms with van der Waals surface area (Å²) in [5.74, 6) is -0.386. The lowest BCUT2D eigenvalue weighted by Crippen LogP contribution is -2.00. The number of aryl methyl sites for hydroxylation is 1. The smallest absolute Gasteiger partial charge is 0.132 e. The van der Waals surface area contributed by atoms with Crippen molar-refractivity contribution in [3.8, 4) is 5.69 Å². The number of rotatable bonds is 3. The van der Waals surface area contributed by atoms with Crippen molar-refractivity contribution in [2.45, 2.75) is 19.8 Å². The van der Waals surface area contributed by atoms with Crippen molar-refractivity contribution in [1.29, 1.82) is 0 Å². The van der Waals surface area contributed by atoms with Crippen LogP contribution in [0.15, 0.2) is 60.3 Å². The number of halogens is 2. The van der Waals surface area contributed by atoms with E-state index in [9.17, 15) is 4.39 Å². The molecular formula is C23H19ClFN3. The van der Waals surface area contributed by atoms with Crippen LogP contribution in [0.1, 0.15) is 29.7 Å². The molecule has 0 aliphatic carbocycles. The molecule has 2 aromatic carbocycles. The van der Waals surface area contributed by atoms with E-state index in [0.717, 1.165) is 40.6 Å². The average molecular weight is 392 g/mol. The van der Waals surface area contributed by atoms with Gasteiger partial charge in [0.05, 0.1) is 16.2 Å². The fourth-order valence-electron chi connectivity index (χ4n) is 3.30. The van der Waals surface area contributed by atoms with Gasteiger partial charge in [-0.3, -0.25) is 4.99 Å². The highest BCUT2D eigenvalue weighted by atomic mass is 35.5. The molecule has 1 aliphatic rings. The fourth-order valence-corrected chi connectivity index (χ4v) is 3.56. The van der Waals surface area contributed by atoms with Gasteiger partial charge in [-0.1, -0.05) is 48.0 Å². The van der Waals surface area contributed by atoms with Crippen molar-refractivity contribution in [2.75, 3.05) is 0 Å². The third-order valence-corrected chi connectivity index (χ3v) is 5.03. The lowest BCUT2D eigenvalue weighted by molar-refractivity contribution is 0.623. The third-order valence-electron chi connectivity index (χ3n) is 4.73. The Balaban J connectivity index is 1.98. The topological polar surface area (TPSA) is 30.2 Å². The Morgan fingerprint density at radius 1 is 1.21 bits per heavy atom. The second kappa shape index (κ2) is 7.56. The number of nitrogens with zero attached hydrogens (tertiary/aromatic N) is 3. The van der Waals surface area contributed by atoms with E-state index in [1.807, 2.05) is 31.3 Å². The maximum absolute atomic E-state index is 14.4. The molecule has 4 rings (SSSR count). The zero-order valence-corrected chi connectivity index (χ0v) is 16.2. The number of allylic oxidation sites excluding steroid dienone is 3. The molecule has 5 heteroatoms. The van der Waals surface area contributed by atoms with E-state index in [1.165, 1.54) is 12.1 Å². The first-order valence-electron chi connectivity index (χ1n) is 9.08. The molecule has 1 aliphatic heterocycles. The maximum Gasteiger partial charge on any atom is 0.132 e. The Hall–Kier alpha value is -2.98. The van der Waals surface area contributed by atoms with Gasteiger partial charge in [0.15, 0.2) is 0 Å². The number of aliphatic imine (C=N–C) groups is 1. The fraction of sp³-hybridized carbons (Fsp3) is 0.130. The molecule has 2 heterocycles. The van der Waals surface area contributed by atoms with Crippen LogP contribution in [0.2, 0.25) is 5.02 Å². The summed E-state index contributed by atoms with van der Waals surface area (Å²) < 4.78 is 16.1. The summed E-state index contributed by atoms with van der Waals surface area (Å²) in [7, 11) is 0. The molecule has 28 heavy (non-hydrogen) atoms. The minimum atomic E-state index is -0.386. The van der Waals surface area contributed by atoms with Crippen molar-refractivity contribution in [2.24, 2.45) is 4.99 Å². The highest BCUT2D eigenvalue weighted by molar-refractivity contribution is 6.32. The zero-order chi connectivity index (χ0) is 19.7. The van der Waals surface area contributed by atoms with E-state index >= 15 is 0 Å². The van der Waals surface area contributed by atoms with Crippen LogP contribution >= 0.6 is 11.6 Å². The van der Waals surface area contributed by atoms with Gasteiger partial charge in [-0.05, 0) is 38.0 Å². The Morgan fingerprint density at radius 3 is 2.89 bits per heavy atom. The number of benzene rings is 2. The molecule has 0 saturated heterocycles. The van der Waals surface area contributed by atoms with Gasteiger partial charge in [0.2, 0.25) is 0 Å². The summed E-state index contributed by atoms with van der Waals surface area (Å²) in [6, 6.07) is 9.05. The minimum Gasteiger partial charge on any atom is -0.264 e. The van der Waals surface area contributed by atoms with Crippen molar-refractivity contribution in [3.63, 3.8) is 0 Å². The van der Waals surface area contributed by atoms with Crippen LogP contribution < -0.4 is 0 Å². The van der Waals surface area contributed by atoms with Crippen molar-refractivity contribution >= 4 is 40.4 Å². The highest BCUT2D eigenvalue weighted by Gasteiger charge is 2.18. The molecule has 0 saturated carbocycles. The lowest BCUT2D eigenvalue weighted by Gasteiger charge is -2.08. The van der Waals surface area contributed by atoms with E-state index < -0.39 is 0 Å². The predicted octanol–water partition coefficient (Wildman–Crippen LogP) is 6.53. The van der Waals surface area contributed by atoms with Crippen LogP contribution in [0.3, 0.4) is 0 Å². The average Bonchev–Trinajstić information content (AvgIpc) is 3.01. The second-order valence-corrected chi connectivity index (χ2v) is 7.12. The van der Waals surface area contributed by atoms with Crippen LogP contribution in [-0.4, -0.2) is 16.0 Å². The van der Waals surface area contributed by atoms with Gasteiger partial charge in [-0.15, -0.1) is 0 Å². The molecule has 0 bridgehead atoms. The van der Waals surface area contributed by atoms with Crippen molar-refractivity contribution < 1.29 is 4.39 Å². The van der Waals surface area contributed by atoms with Crippen molar-refractivity contribution in [3.05, 3.63) is 82.9 Å². The summed E-state index contributed by atoms with van der Waals surface area (Å²) in [5, 5.41) is 6.20. The number of fused-ring (bicyclic) bond motifs is 1. The molecule has 0 N–H and O–H groups in total. The third kappa shape index (κ3) is 3.32. The Labute approximate surface area is 168 Å². The first-order chi connectivity index (χ1) is 13.6. The summed E-state index contributed by atoms with van der Waals surface area (Å²) >= 11 is 6.46. The van der Waals surface area contributed by atoms with Gasteiger partial charge >= 0.3 is 0 Å². The van der Waals surface area contributed by atoms with Gasteiger partial charge in [-0.25, -0.2) is 9.07 Å². The zero-order valence-electron chi connectivity index (χ0n) is 15.5. The van der Waals surface area contributed by atoms with E-state index in [1.54, 1.807) is 16.9 Å². The predicted molar refractivity (Wildman–Crippen MR) is 116 cm³/mol. The molecule has 3 aromatic rings. The number of hydrogen-bond acceptors (Lipinski definition) is 2. The number of hydrogen-bond donors (Lipinski definition) is 0. The second-order valence-electron chi connectivity index (χ2n) is 6.71. The van der Waals surface area contributed by atoms with E-state index in [-0.39, 0.29) is 5.82 Å². The molecule has 3 nitrogen and oxygen atoms in total. The van der Waals surface area contributed by atoms with E-state index in [4.69, 9.17) is 16.7 Å². The van der Waals surface area contributed by atoms with E-state index in [0.29, 0.717) is 16.3 Å². The molecule has 0 amide bonds. The SMILES string of the molecule is C=Cc1cc(Cl)c(-n2nc(C3=CCC/C=C/N=C3)c3cc(C)ccc32)cc1F. The first kappa shape index (κ1) is 18.4. The van der Waals surface area contributed by atoms with Gasteiger partial charge in [0.25, 0.3) is 0 Å². The van der Waals surface area contributed by atoms with Gasteiger partial charge in [0, 0.05) is 35.0 Å². The first-order valence-corrected chi connectivity index (χ1v) is 9.46. The maximum atomic E-state index is 14.4. The van der Waals surface area contributed by atoms with Crippen molar-refractivity contribution in [1.82, 2.24) is 9.78 Å². The Morgan fingerprint density at radius 2 is 2.07 bits per heavy atom. The lowest BCUT2D eigenvalue weighted by atomic mass is 10.0. The molecule has 0 atom stereocenters. The largest absolute Gasteiger partial charge is 0.264 e. The van der Waals surface area contributed by atoms with Crippen LogP contribution in [0, 0.1) is 12.7 Å². The summed E-state index contributed by atoms with van der Waals surface area (Å²) in [5.41, 5.74) is 4.59. The standard InChI is InChI=1S/C23H19ClFN3/c1-3-16-12-19(24)22(13-20(16)25)28-21-9-8-15(2)11-18(21)23(27-28)17-7-5-4-6-10-26-14-17/h3,6-14H,1,4-5H2,2H3/b10-6+,17-7?,26-14?. The molecule has 0 spiro atoms. The summed E-state index contributed by atoms with van der Waals surface area (Å²) in [4.78, 5) is 4.33. The number of aromatic nitrogens is 2. The summed E-state index contributed by atoms with van der Waals surface area (Å²) in [6.45, 7) is 5.67. The van der Waals surface area contributed by atoms with Gasteiger partial charge in [0.1, 0.15) is 11.5 Å². The molecule has 1 aromatic heterocycles. The quantitative estimate of drug-likeness (QED) is 0.499. The van der Waals surface area contributed by atoms with Crippen LogP contribution in [0.25, 0.3) is 28.2 Å². The summed E-state index contributed by atoms with van der Waals surface area (Å²) in [6.07, 6.45) is 11.1. The van der Waals surface area contributed by atoms with Gasteiger partial charge < -0.3 is 0 Å². The van der Waals surface area contributed by atoms with Crippen LogP contribution in [-0.2, 0) is 0 Å². The normalized spacial score (nSPS) is 15.2. The van der Waals surface area contributed by atoms with Crippen LogP contribution in [0.4, 0.5) is 4.39 Å². The molecular weight excluding hydrogens is 373 g/mol. The highest BCUT2D eigenvalue weighted by Crippen LogP contribution is 2.32. The molecule has 0 unspecified atom stereocenters. The monoisotopic (exact) mass is 391 g/mol. The molecule has 140 valence electrons. The molecule has 0 radical (unpaired) electrons. The Kier molecular flexibility index (Phi) is 4.97. The van der Waals surface area contributed by atoms with Gasteiger partial charge in [-0.2, -0.15) is 5.10 Å². The Bertz CT molecular complexity index is 1170. The minimum absolute atomic E-state index is 0.364.